The van der Waals surface area contributed by atoms with E-state index in [1.54, 1.807) is 0 Å². The van der Waals surface area contributed by atoms with Crippen LogP contribution < -0.4 is 10.5 Å². The molecule has 14 heavy (non-hydrogen) atoms. The molecular formula is C12H19NO. The number of aryl methyl sites for hydroxylation is 1. The van der Waals surface area contributed by atoms with Gasteiger partial charge in [0.05, 0.1) is 6.10 Å². The lowest BCUT2D eigenvalue weighted by Gasteiger charge is -2.15. The van der Waals surface area contributed by atoms with Crippen molar-refractivity contribution in [3.8, 4) is 5.75 Å². The number of ether oxygens (including phenoxy) is 1. The maximum atomic E-state index is 5.78. The highest BCUT2D eigenvalue weighted by Gasteiger charge is 2.04. The van der Waals surface area contributed by atoms with Gasteiger partial charge < -0.3 is 10.5 Å². The zero-order valence-electron chi connectivity index (χ0n) is 9.21. The topological polar surface area (TPSA) is 35.2 Å². The summed E-state index contributed by atoms with van der Waals surface area (Å²) in [7, 11) is 0. The minimum Gasteiger partial charge on any atom is -0.490 e. The molecule has 0 heterocycles. The molecule has 0 aliphatic rings. The Bertz CT molecular complexity index is 296. The first kappa shape index (κ1) is 11.1. The molecule has 0 radical (unpaired) electrons. The lowest BCUT2D eigenvalue weighted by molar-refractivity contribution is 0.216. The van der Waals surface area contributed by atoms with E-state index in [2.05, 4.69) is 26.8 Å². The average Bonchev–Trinajstić information content (AvgIpc) is 2.21. The highest BCUT2D eigenvalue weighted by Crippen LogP contribution is 2.21. The van der Waals surface area contributed by atoms with Gasteiger partial charge in [-0.15, -0.1) is 0 Å². The Morgan fingerprint density at radius 2 is 2.14 bits per heavy atom. The van der Waals surface area contributed by atoms with E-state index >= 15 is 0 Å². The molecule has 2 heteroatoms. The molecule has 1 aromatic rings. The summed E-state index contributed by atoms with van der Waals surface area (Å²) in [5, 5.41) is 0. The maximum absolute atomic E-state index is 5.78. The van der Waals surface area contributed by atoms with Crippen LogP contribution in [0, 0.1) is 6.92 Å². The predicted octanol–water partition coefficient (Wildman–Crippen LogP) is 2.63. The van der Waals surface area contributed by atoms with Crippen LogP contribution in [0.1, 0.15) is 31.4 Å². The standard InChI is InChI=1S/C12H19NO/c1-4-10(3)14-12-7-11(8-13)6-5-9(12)2/h5-7,10H,4,8,13H2,1-3H3. The number of nitrogens with two attached hydrogens (primary N) is 1. The van der Waals surface area contributed by atoms with Crippen LogP contribution in [0.4, 0.5) is 0 Å². The number of benzene rings is 1. The first-order valence-electron chi connectivity index (χ1n) is 5.13. The van der Waals surface area contributed by atoms with Crippen molar-refractivity contribution in [1.82, 2.24) is 0 Å². The highest BCUT2D eigenvalue weighted by molar-refractivity contribution is 5.36. The summed E-state index contributed by atoms with van der Waals surface area (Å²) in [4.78, 5) is 0. The van der Waals surface area contributed by atoms with Crippen molar-refractivity contribution in [2.45, 2.75) is 39.8 Å². The molecule has 0 saturated heterocycles. The Labute approximate surface area is 86.1 Å². The van der Waals surface area contributed by atoms with Gasteiger partial charge in [0.15, 0.2) is 0 Å². The summed E-state index contributed by atoms with van der Waals surface area (Å²) in [6.45, 7) is 6.82. The largest absolute Gasteiger partial charge is 0.490 e. The van der Waals surface area contributed by atoms with E-state index < -0.39 is 0 Å². The molecule has 1 rings (SSSR count). The molecule has 0 aliphatic heterocycles. The quantitative estimate of drug-likeness (QED) is 0.797. The fourth-order valence-corrected chi connectivity index (χ4v) is 1.20. The van der Waals surface area contributed by atoms with E-state index in [0.717, 1.165) is 17.7 Å². The molecule has 0 saturated carbocycles. The minimum atomic E-state index is 0.265. The second-order valence-corrected chi connectivity index (χ2v) is 3.64. The van der Waals surface area contributed by atoms with Gasteiger partial charge in [0.2, 0.25) is 0 Å². The summed E-state index contributed by atoms with van der Waals surface area (Å²) < 4.78 is 5.78. The van der Waals surface area contributed by atoms with Crippen molar-refractivity contribution in [2.24, 2.45) is 5.73 Å². The van der Waals surface area contributed by atoms with Crippen molar-refractivity contribution in [3.63, 3.8) is 0 Å². The van der Waals surface area contributed by atoms with Crippen LogP contribution in [0.3, 0.4) is 0 Å². The van der Waals surface area contributed by atoms with Crippen molar-refractivity contribution in [2.75, 3.05) is 0 Å². The molecule has 2 nitrogen and oxygen atoms in total. The van der Waals surface area contributed by atoms with E-state index in [9.17, 15) is 0 Å². The van der Waals surface area contributed by atoms with Crippen LogP contribution in [0.5, 0.6) is 5.75 Å². The second-order valence-electron chi connectivity index (χ2n) is 3.64. The number of hydrogen-bond acceptors (Lipinski definition) is 2. The molecule has 0 fully saturated rings. The lowest BCUT2D eigenvalue weighted by Crippen LogP contribution is -2.11. The van der Waals surface area contributed by atoms with Gasteiger partial charge >= 0.3 is 0 Å². The van der Waals surface area contributed by atoms with Crippen LogP contribution in [0.2, 0.25) is 0 Å². The molecule has 2 N–H and O–H groups in total. The Balaban J connectivity index is 2.83. The monoisotopic (exact) mass is 193 g/mol. The predicted molar refractivity (Wildman–Crippen MR) is 59.5 cm³/mol. The van der Waals surface area contributed by atoms with Crippen LogP contribution >= 0.6 is 0 Å². The van der Waals surface area contributed by atoms with E-state index in [1.807, 2.05) is 12.1 Å². The zero-order valence-corrected chi connectivity index (χ0v) is 9.21. The fourth-order valence-electron chi connectivity index (χ4n) is 1.20. The average molecular weight is 193 g/mol. The van der Waals surface area contributed by atoms with Gasteiger partial charge in [-0.2, -0.15) is 0 Å². The Kier molecular flexibility index (Phi) is 3.96. The molecule has 78 valence electrons. The Morgan fingerprint density at radius 3 is 2.71 bits per heavy atom. The molecular weight excluding hydrogens is 174 g/mol. The zero-order chi connectivity index (χ0) is 10.6. The van der Waals surface area contributed by atoms with Gasteiger partial charge in [-0.25, -0.2) is 0 Å². The Hall–Kier alpha value is -1.02. The third-order valence-corrected chi connectivity index (χ3v) is 2.39. The van der Waals surface area contributed by atoms with Crippen LogP contribution in [0.25, 0.3) is 0 Å². The first-order valence-corrected chi connectivity index (χ1v) is 5.13. The van der Waals surface area contributed by atoms with Crippen molar-refractivity contribution in [1.29, 1.82) is 0 Å². The normalized spacial score (nSPS) is 12.6. The van der Waals surface area contributed by atoms with Gasteiger partial charge in [0.25, 0.3) is 0 Å². The third-order valence-electron chi connectivity index (χ3n) is 2.39. The summed E-state index contributed by atoms with van der Waals surface area (Å²) >= 11 is 0. The van der Waals surface area contributed by atoms with Gasteiger partial charge in [-0.1, -0.05) is 19.1 Å². The van der Waals surface area contributed by atoms with Crippen molar-refractivity contribution in [3.05, 3.63) is 29.3 Å². The number of hydrogen-bond donors (Lipinski definition) is 1. The second kappa shape index (κ2) is 5.01. The third kappa shape index (κ3) is 2.74. The summed E-state index contributed by atoms with van der Waals surface area (Å²) in [6.07, 6.45) is 1.29. The van der Waals surface area contributed by atoms with Crippen molar-refractivity contribution >= 4 is 0 Å². The van der Waals surface area contributed by atoms with Crippen LogP contribution in [-0.4, -0.2) is 6.10 Å². The SMILES string of the molecule is CCC(C)Oc1cc(CN)ccc1C. The maximum Gasteiger partial charge on any atom is 0.122 e. The molecule has 1 unspecified atom stereocenters. The Morgan fingerprint density at radius 1 is 1.43 bits per heavy atom. The fraction of sp³-hybridized carbons (Fsp3) is 0.500. The lowest BCUT2D eigenvalue weighted by atomic mass is 10.1. The summed E-state index contributed by atoms with van der Waals surface area (Å²) in [5.74, 6) is 0.960. The van der Waals surface area contributed by atoms with Gasteiger partial charge in [-0.3, -0.25) is 0 Å². The van der Waals surface area contributed by atoms with Gasteiger partial charge in [-0.05, 0) is 37.5 Å². The van der Waals surface area contributed by atoms with Crippen LogP contribution in [-0.2, 0) is 6.54 Å². The molecule has 1 aromatic carbocycles. The highest BCUT2D eigenvalue weighted by atomic mass is 16.5. The van der Waals surface area contributed by atoms with Gasteiger partial charge in [0.1, 0.15) is 5.75 Å². The molecule has 0 spiro atoms. The first-order chi connectivity index (χ1) is 6.67. The van der Waals surface area contributed by atoms with E-state index in [0.29, 0.717) is 6.54 Å². The van der Waals surface area contributed by atoms with Gasteiger partial charge in [0, 0.05) is 6.54 Å². The minimum absolute atomic E-state index is 0.265. The van der Waals surface area contributed by atoms with Crippen LogP contribution in [0.15, 0.2) is 18.2 Å². The van der Waals surface area contributed by atoms with E-state index in [4.69, 9.17) is 10.5 Å². The number of rotatable bonds is 4. The molecule has 0 aliphatic carbocycles. The molecule has 0 aromatic heterocycles. The smallest absolute Gasteiger partial charge is 0.122 e. The van der Waals surface area contributed by atoms with Crippen molar-refractivity contribution < 1.29 is 4.74 Å². The molecule has 0 bridgehead atoms. The summed E-state index contributed by atoms with van der Waals surface area (Å²) in [6, 6.07) is 6.13. The molecule has 0 amide bonds. The van der Waals surface area contributed by atoms with E-state index in [1.165, 1.54) is 5.56 Å². The summed E-state index contributed by atoms with van der Waals surface area (Å²) in [5.41, 5.74) is 7.86. The molecule has 1 atom stereocenters. The van der Waals surface area contributed by atoms with E-state index in [-0.39, 0.29) is 6.10 Å².